The molecule has 0 radical (unpaired) electrons. The second-order valence-electron chi connectivity index (χ2n) is 6.83. The van der Waals surface area contributed by atoms with Gasteiger partial charge in [0.05, 0.1) is 13.1 Å². The van der Waals surface area contributed by atoms with Crippen molar-refractivity contribution in [3.63, 3.8) is 0 Å². The highest BCUT2D eigenvalue weighted by Gasteiger charge is 2.21. The quantitative estimate of drug-likeness (QED) is 0.532. The number of carbonyl (C=O) groups excluding carboxylic acids is 2. The van der Waals surface area contributed by atoms with Gasteiger partial charge in [0.15, 0.2) is 23.0 Å². The van der Waals surface area contributed by atoms with E-state index in [4.69, 9.17) is 19.9 Å². The van der Waals surface area contributed by atoms with Crippen LogP contribution < -0.4 is 25.4 Å². The Kier molecular flexibility index (Phi) is 6.56. The van der Waals surface area contributed by atoms with Crippen molar-refractivity contribution < 1.29 is 23.8 Å². The van der Waals surface area contributed by atoms with Crippen molar-refractivity contribution in [2.75, 3.05) is 31.6 Å². The van der Waals surface area contributed by atoms with Crippen LogP contribution in [0.2, 0.25) is 0 Å². The van der Waals surface area contributed by atoms with Crippen molar-refractivity contribution in [2.45, 2.75) is 19.4 Å². The lowest BCUT2D eigenvalue weighted by atomic mass is 10.1. The van der Waals surface area contributed by atoms with Gasteiger partial charge in [-0.05, 0) is 42.8 Å². The molecule has 29 heavy (non-hydrogen) atoms. The van der Waals surface area contributed by atoms with Crippen molar-refractivity contribution in [3.8, 4) is 23.0 Å². The molecule has 0 aliphatic carbocycles. The molecule has 3 rings (SSSR count). The van der Waals surface area contributed by atoms with Gasteiger partial charge in [0.2, 0.25) is 5.91 Å². The Hall–Kier alpha value is -3.26. The van der Waals surface area contributed by atoms with Gasteiger partial charge in [0, 0.05) is 25.7 Å². The molecule has 0 saturated carbocycles. The van der Waals surface area contributed by atoms with Gasteiger partial charge in [-0.15, -0.1) is 0 Å². The maximum atomic E-state index is 11.1. The molecule has 0 unspecified atom stereocenters. The van der Waals surface area contributed by atoms with Gasteiger partial charge < -0.3 is 30.2 Å². The van der Waals surface area contributed by atoms with E-state index in [9.17, 15) is 9.59 Å². The van der Waals surface area contributed by atoms with E-state index >= 15 is 0 Å². The first-order valence-electron chi connectivity index (χ1n) is 9.37. The molecule has 1 aliphatic rings. The van der Waals surface area contributed by atoms with Crippen LogP contribution in [-0.2, 0) is 20.7 Å². The monoisotopic (exact) mass is 399 g/mol. The third-order valence-corrected chi connectivity index (χ3v) is 4.55. The summed E-state index contributed by atoms with van der Waals surface area (Å²) in [6.07, 6.45) is 0.298. The van der Waals surface area contributed by atoms with Crippen molar-refractivity contribution in [1.29, 1.82) is 0 Å². The van der Waals surface area contributed by atoms with Gasteiger partial charge in [-0.2, -0.15) is 0 Å². The molecule has 1 amide bonds. The molecule has 1 heterocycles. The fraction of sp³-hybridized carbons (Fsp3) is 0.333. The fourth-order valence-corrected chi connectivity index (χ4v) is 3.08. The molecule has 0 spiro atoms. The van der Waals surface area contributed by atoms with E-state index in [1.807, 2.05) is 48.3 Å². The average molecular weight is 399 g/mol. The maximum Gasteiger partial charge on any atom is 0.293 e. The number of anilines is 1. The van der Waals surface area contributed by atoms with Gasteiger partial charge in [-0.1, -0.05) is 6.07 Å². The van der Waals surface area contributed by atoms with E-state index in [-0.39, 0.29) is 12.5 Å². The summed E-state index contributed by atoms with van der Waals surface area (Å²) in [6.45, 7) is 3.02. The summed E-state index contributed by atoms with van der Waals surface area (Å²) in [7, 11) is 1.87. The van der Waals surface area contributed by atoms with Crippen LogP contribution in [0.1, 0.15) is 12.5 Å². The predicted molar refractivity (Wildman–Crippen MR) is 109 cm³/mol. The molecule has 2 aromatic carbocycles. The molecule has 8 nitrogen and oxygen atoms in total. The molecule has 0 aromatic heterocycles. The van der Waals surface area contributed by atoms with Crippen LogP contribution in [0.5, 0.6) is 23.0 Å². The summed E-state index contributed by atoms with van der Waals surface area (Å²) < 4.78 is 17.1. The van der Waals surface area contributed by atoms with Crippen LogP contribution in [0.15, 0.2) is 36.4 Å². The largest absolute Gasteiger partial charge is 0.461 e. The highest BCUT2D eigenvalue weighted by Crippen LogP contribution is 2.46. The zero-order valence-corrected chi connectivity index (χ0v) is 16.5. The number of nitrogens with two attached hydrogens (primary N) is 1. The van der Waals surface area contributed by atoms with E-state index in [2.05, 4.69) is 5.32 Å². The number of carbonyl (C=O) groups is 2. The first-order chi connectivity index (χ1) is 14.0. The Labute approximate surface area is 169 Å². The molecular formula is C21H25N3O5. The number of fused-ring (bicyclic) bond motifs is 2. The number of hydrogen-bond acceptors (Lipinski definition) is 7. The molecule has 3 N–H and O–H groups in total. The second kappa shape index (κ2) is 9.29. The summed E-state index contributed by atoms with van der Waals surface area (Å²) >= 11 is 0. The van der Waals surface area contributed by atoms with Crippen LogP contribution in [0.25, 0.3) is 0 Å². The Morgan fingerprint density at radius 3 is 2.52 bits per heavy atom. The number of hydrogen-bond donors (Lipinski definition) is 2. The minimum absolute atomic E-state index is 0.181. The number of likely N-dealkylation sites (N-methyl/N-ethyl adjacent to an activating group) is 1. The Morgan fingerprint density at radius 2 is 1.86 bits per heavy atom. The molecule has 0 fully saturated rings. The predicted octanol–water partition coefficient (Wildman–Crippen LogP) is 2.20. The van der Waals surface area contributed by atoms with Crippen LogP contribution in [-0.4, -0.2) is 45.2 Å². The fourth-order valence-electron chi connectivity index (χ4n) is 3.08. The molecule has 154 valence electrons. The lowest BCUT2D eigenvalue weighted by Crippen LogP contribution is -2.39. The van der Waals surface area contributed by atoms with Crippen molar-refractivity contribution in [1.82, 2.24) is 5.32 Å². The second-order valence-corrected chi connectivity index (χ2v) is 6.83. The summed E-state index contributed by atoms with van der Waals surface area (Å²) in [6, 6.07) is 11.4. The van der Waals surface area contributed by atoms with Crippen LogP contribution >= 0.6 is 0 Å². The molecule has 1 aliphatic heterocycles. The van der Waals surface area contributed by atoms with Gasteiger partial charge >= 0.3 is 0 Å². The zero-order chi connectivity index (χ0) is 20.8. The van der Waals surface area contributed by atoms with E-state index in [1.54, 1.807) is 0 Å². The standard InChI is InChI=1S/C21H25N3O5/c1-14(26)23-11-17(27-13-25)12-24(2)16-4-6-19-21(10-16)29-18-5-3-15(7-8-22)9-20(18)28-19/h3-6,9-10,13,17H,7-8,11-12,22H2,1-2H3,(H,23,26)/t17-/m0/s1. The first-order valence-corrected chi connectivity index (χ1v) is 9.37. The summed E-state index contributed by atoms with van der Waals surface area (Å²) in [5.41, 5.74) is 7.57. The third-order valence-electron chi connectivity index (χ3n) is 4.55. The molecule has 0 saturated heterocycles. The zero-order valence-electron chi connectivity index (χ0n) is 16.5. The molecule has 8 heteroatoms. The number of ether oxygens (including phenoxy) is 3. The summed E-state index contributed by atoms with van der Waals surface area (Å²) in [5.74, 6) is 2.35. The smallest absolute Gasteiger partial charge is 0.293 e. The number of rotatable bonds is 9. The van der Waals surface area contributed by atoms with E-state index in [1.165, 1.54) is 6.92 Å². The van der Waals surface area contributed by atoms with Gasteiger partial charge in [0.25, 0.3) is 6.47 Å². The van der Waals surface area contributed by atoms with Gasteiger partial charge in [0.1, 0.15) is 6.10 Å². The average Bonchev–Trinajstić information content (AvgIpc) is 2.70. The van der Waals surface area contributed by atoms with Gasteiger partial charge in [-0.3, -0.25) is 9.59 Å². The van der Waals surface area contributed by atoms with Crippen LogP contribution in [0.4, 0.5) is 5.69 Å². The minimum Gasteiger partial charge on any atom is -0.461 e. The Bertz CT molecular complexity index is 887. The molecule has 0 bridgehead atoms. The van der Waals surface area contributed by atoms with E-state index in [0.717, 1.165) is 17.7 Å². The lowest BCUT2D eigenvalue weighted by molar-refractivity contribution is -0.134. The number of benzene rings is 2. The summed E-state index contributed by atoms with van der Waals surface area (Å²) in [4.78, 5) is 23.8. The first kappa shape index (κ1) is 20.5. The number of nitrogens with zero attached hydrogens (tertiary/aromatic N) is 1. The summed E-state index contributed by atoms with van der Waals surface area (Å²) in [5, 5.41) is 2.66. The van der Waals surface area contributed by atoms with Gasteiger partial charge in [-0.25, -0.2) is 0 Å². The van der Waals surface area contributed by atoms with E-state index in [0.29, 0.717) is 42.6 Å². The SMILES string of the molecule is CC(=O)NC[C@@H](CN(C)c1ccc2c(c1)Oc1ccc(CCN)cc1O2)OC=O. The highest BCUT2D eigenvalue weighted by atomic mass is 16.6. The Balaban J connectivity index is 1.71. The number of amides is 1. The van der Waals surface area contributed by atoms with Crippen LogP contribution in [0, 0.1) is 0 Å². The third kappa shape index (κ3) is 5.17. The Morgan fingerprint density at radius 1 is 1.17 bits per heavy atom. The minimum atomic E-state index is -0.476. The van der Waals surface area contributed by atoms with Crippen molar-refractivity contribution in [2.24, 2.45) is 5.73 Å². The molecule has 2 aromatic rings. The van der Waals surface area contributed by atoms with Crippen molar-refractivity contribution in [3.05, 3.63) is 42.0 Å². The highest BCUT2D eigenvalue weighted by molar-refractivity contribution is 5.72. The van der Waals surface area contributed by atoms with E-state index < -0.39 is 6.10 Å². The number of nitrogens with one attached hydrogen (secondary N) is 1. The topological polar surface area (TPSA) is 103 Å². The lowest BCUT2D eigenvalue weighted by Gasteiger charge is -2.27. The molecular weight excluding hydrogens is 374 g/mol. The van der Waals surface area contributed by atoms with Crippen LogP contribution in [0.3, 0.4) is 0 Å². The maximum absolute atomic E-state index is 11.1. The van der Waals surface area contributed by atoms with Crippen molar-refractivity contribution >= 4 is 18.1 Å². The normalized spacial score (nSPS) is 12.5. The molecule has 1 atom stereocenters.